The van der Waals surface area contributed by atoms with Gasteiger partial charge in [-0.1, -0.05) is 0 Å². The molecular weight excluding hydrogens is 226 g/mol. The summed E-state index contributed by atoms with van der Waals surface area (Å²) in [6.07, 6.45) is 4.84. The molecule has 106 valence electrons. The summed E-state index contributed by atoms with van der Waals surface area (Å²) in [7, 11) is 4.48. The summed E-state index contributed by atoms with van der Waals surface area (Å²) in [4.78, 5) is 4.97. The van der Waals surface area contributed by atoms with E-state index >= 15 is 0 Å². The lowest BCUT2D eigenvalue weighted by Gasteiger charge is -2.45. The van der Waals surface area contributed by atoms with Crippen molar-refractivity contribution in [3.05, 3.63) is 0 Å². The Balaban J connectivity index is 1.87. The monoisotopic (exact) mass is 255 g/mol. The van der Waals surface area contributed by atoms with Crippen molar-refractivity contribution in [3.63, 3.8) is 0 Å². The van der Waals surface area contributed by atoms with E-state index in [0.29, 0.717) is 0 Å². The molecule has 0 aromatic heterocycles. The van der Waals surface area contributed by atoms with E-state index in [4.69, 9.17) is 10.5 Å². The summed E-state index contributed by atoms with van der Waals surface area (Å²) in [6, 6.07) is 0. The number of likely N-dealkylation sites (tertiary alicyclic amines) is 1. The van der Waals surface area contributed by atoms with Crippen LogP contribution in [0.15, 0.2) is 0 Å². The second-order valence-electron chi connectivity index (χ2n) is 6.17. The molecule has 0 saturated carbocycles. The van der Waals surface area contributed by atoms with Gasteiger partial charge in [0.05, 0.1) is 0 Å². The maximum Gasteiger partial charge on any atom is 0.0484 e. The largest absolute Gasteiger partial charge is 0.381 e. The van der Waals surface area contributed by atoms with Gasteiger partial charge in [-0.25, -0.2) is 0 Å². The lowest BCUT2D eigenvalue weighted by atomic mass is 9.86. The van der Waals surface area contributed by atoms with Gasteiger partial charge in [0.1, 0.15) is 0 Å². The molecule has 0 radical (unpaired) electrons. The number of nitrogens with two attached hydrogens (primary N) is 1. The number of hydrogen-bond acceptors (Lipinski definition) is 4. The highest BCUT2D eigenvalue weighted by atomic mass is 16.5. The smallest absolute Gasteiger partial charge is 0.0484 e. The molecule has 0 amide bonds. The topological polar surface area (TPSA) is 41.7 Å². The van der Waals surface area contributed by atoms with Gasteiger partial charge >= 0.3 is 0 Å². The Bertz CT molecular complexity index is 245. The molecule has 4 nitrogen and oxygen atoms in total. The number of rotatable bonds is 4. The van der Waals surface area contributed by atoms with Gasteiger partial charge < -0.3 is 15.4 Å². The van der Waals surface area contributed by atoms with Gasteiger partial charge in [0.15, 0.2) is 0 Å². The average Bonchev–Trinajstić information content (AvgIpc) is 2.42. The van der Waals surface area contributed by atoms with E-state index in [2.05, 4.69) is 23.9 Å². The summed E-state index contributed by atoms with van der Waals surface area (Å²) < 4.78 is 5.49. The fourth-order valence-corrected chi connectivity index (χ4v) is 3.32. The summed E-state index contributed by atoms with van der Waals surface area (Å²) >= 11 is 0. The predicted octanol–water partition coefficient (Wildman–Crippen LogP) is 0.768. The van der Waals surface area contributed by atoms with Gasteiger partial charge in [-0.3, -0.25) is 4.90 Å². The molecule has 18 heavy (non-hydrogen) atoms. The van der Waals surface area contributed by atoms with Crippen LogP contribution in [0.2, 0.25) is 0 Å². The molecule has 0 bridgehead atoms. The van der Waals surface area contributed by atoms with Crippen LogP contribution < -0.4 is 5.73 Å². The molecule has 2 fully saturated rings. The highest BCUT2D eigenvalue weighted by molar-refractivity contribution is 4.93. The highest BCUT2D eigenvalue weighted by Crippen LogP contribution is 2.28. The maximum atomic E-state index is 6.06. The molecule has 0 atom stereocenters. The van der Waals surface area contributed by atoms with E-state index in [-0.39, 0.29) is 5.54 Å². The van der Waals surface area contributed by atoms with Crippen LogP contribution in [-0.4, -0.2) is 68.8 Å². The van der Waals surface area contributed by atoms with E-state index in [9.17, 15) is 0 Å². The molecule has 2 aliphatic heterocycles. The van der Waals surface area contributed by atoms with E-state index in [0.717, 1.165) is 38.5 Å². The summed E-state index contributed by atoms with van der Waals surface area (Å²) in [6.45, 7) is 6.20. The normalized spacial score (nSPS) is 26.7. The summed E-state index contributed by atoms with van der Waals surface area (Å²) in [5.41, 5.74) is 6.26. The van der Waals surface area contributed by atoms with Gasteiger partial charge in [-0.15, -0.1) is 0 Å². The Hall–Kier alpha value is -0.160. The van der Waals surface area contributed by atoms with Crippen LogP contribution in [0.25, 0.3) is 0 Å². The zero-order valence-electron chi connectivity index (χ0n) is 12.0. The molecule has 2 aliphatic rings. The first-order chi connectivity index (χ1) is 8.66. The van der Waals surface area contributed by atoms with Crippen molar-refractivity contribution in [1.82, 2.24) is 9.80 Å². The van der Waals surface area contributed by atoms with Gasteiger partial charge in [-0.05, 0) is 58.8 Å². The Morgan fingerprint density at radius 3 is 2.44 bits per heavy atom. The molecule has 0 unspecified atom stereocenters. The van der Waals surface area contributed by atoms with E-state index < -0.39 is 0 Å². The van der Waals surface area contributed by atoms with Gasteiger partial charge in [0, 0.05) is 31.8 Å². The van der Waals surface area contributed by atoms with Crippen molar-refractivity contribution in [1.29, 1.82) is 0 Å². The van der Waals surface area contributed by atoms with Crippen LogP contribution in [0.1, 0.15) is 25.7 Å². The minimum atomic E-state index is 0.196. The third-order valence-electron chi connectivity index (χ3n) is 4.98. The van der Waals surface area contributed by atoms with Crippen LogP contribution in [0.3, 0.4) is 0 Å². The van der Waals surface area contributed by atoms with Crippen molar-refractivity contribution in [3.8, 4) is 0 Å². The van der Waals surface area contributed by atoms with E-state index in [1.54, 1.807) is 0 Å². The first-order valence-electron chi connectivity index (χ1n) is 7.34. The molecule has 4 heteroatoms. The zero-order valence-corrected chi connectivity index (χ0v) is 12.0. The summed E-state index contributed by atoms with van der Waals surface area (Å²) in [5.74, 6) is 0.845. The zero-order chi connectivity index (χ0) is 13.0. The second kappa shape index (κ2) is 6.33. The molecule has 0 aromatic carbocycles. The van der Waals surface area contributed by atoms with Crippen molar-refractivity contribution in [2.45, 2.75) is 31.2 Å². The molecule has 0 spiro atoms. The molecule has 2 saturated heterocycles. The second-order valence-corrected chi connectivity index (χ2v) is 6.17. The van der Waals surface area contributed by atoms with Crippen LogP contribution in [0, 0.1) is 5.92 Å². The first-order valence-corrected chi connectivity index (χ1v) is 7.34. The third-order valence-corrected chi connectivity index (χ3v) is 4.98. The SMILES string of the molecule is CN1CCC(CN(C)C2(CN)CCOCC2)CC1. The Labute approximate surface area is 111 Å². The minimum absolute atomic E-state index is 0.196. The highest BCUT2D eigenvalue weighted by Gasteiger charge is 2.36. The van der Waals surface area contributed by atoms with Crippen LogP contribution in [0.4, 0.5) is 0 Å². The molecule has 0 aromatic rings. The predicted molar refractivity (Wildman–Crippen MR) is 74.7 cm³/mol. The lowest BCUT2D eigenvalue weighted by molar-refractivity contribution is -0.0215. The Morgan fingerprint density at radius 2 is 1.89 bits per heavy atom. The third kappa shape index (κ3) is 3.23. The molecule has 2 rings (SSSR count). The van der Waals surface area contributed by atoms with Crippen molar-refractivity contribution in [2.75, 3.05) is 53.5 Å². The van der Waals surface area contributed by atoms with E-state index in [1.165, 1.54) is 32.5 Å². The fraction of sp³-hybridized carbons (Fsp3) is 1.00. The lowest BCUT2D eigenvalue weighted by Crippen LogP contribution is -2.56. The molecule has 0 aliphatic carbocycles. The molecular formula is C14H29N3O. The minimum Gasteiger partial charge on any atom is -0.381 e. The maximum absolute atomic E-state index is 6.06. The Kier molecular flexibility index (Phi) is 5.01. The number of ether oxygens (including phenoxy) is 1. The van der Waals surface area contributed by atoms with E-state index in [1.807, 2.05) is 0 Å². The number of likely N-dealkylation sites (N-methyl/N-ethyl adjacent to an activating group) is 1. The fourth-order valence-electron chi connectivity index (χ4n) is 3.32. The number of nitrogens with zero attached hydrogens (tertiary/aromatic N) is 2. The van der Waals surface area contributed by atoms with Crippen LogP contribution >= 0.6 is 0 Å². The van der Waals surface area contributed by atoms with Crippen LogP contribution in [0.5, 0.6) is 0 Å². The van der Waals surface area contributed by atoms with Gasteiger partial charge in [0.2, 0.25) is 0 Å². The van der Waals surface area contributed by atoms with Crippen molar-refractivity contribution < 1.29 is 4.74 Å². The molecule has 2 heterocycles. The van der Waals surface area contributed by atoms with Crippen LogP contribution in [-0.2, 0) is 4.74 Å². The average molecular weight is 255 g/mol. The standard InChI is InChI=1S/C14H29N3O/c1-16-7-3-13(4-8-16)11-17(2)14(12-15)5-9-18-10-6-14/h13H,3-12,15H2,1-2H3. The van der Waals surface area contributed by atoms with Gasteiger partial charge in [0.25, 0.3) is 0 Å². The number of hydrogen-bond donors (Lipinski definition) is 1. The van der Waals surface area contributed by atoms with Crippen molar-refractivity contribution in [2.24, 2.45) is 11.7 Å². The first kappa shape index (κ1) is 14.3. The molecule has 2 N–H and O–H groups in total. The Morgan fingerprint density at radius 1 is 1.28 bits per heavy atom. The quantitative estimate of drug-likeness (QED) is 0.805. The summed E-state index contributed by atoms with van der Waals surface area (Å²) in [5, 5.41) is 0. The van der Waals surface area contributed by atoms with Crippen molar-refractivity contribution >= 4 is 0 Å². The van der Waals surface area contributed by atoms with Gasteiger partial charge in [-0.2, -0.15) is 0 Å². The number of piperidine rings is 1.